The third-order valence-electron chi connectivity index (χ3n) is 5.24. The Morgan fingerprint density at radius 3 is 2.76 bits per heavy atom. The number of hydrogen-bond donors (Lipinski definition) is 3. The number of benzene rings is 1. The highest BCUT2D eigenvalue weighted by molar-refractivity contribution is 5.75. The summed E-state index contributed by atoms with van der Waals surface area (Å²) in [4.78, 5) is 25.8. The van der Waals surface area contributed by atoms with Gasteiger partial charge in [-0.1, -0.05) is 30.3 Å². The monoisotopic (exact) mass is 399 g/mol. The molecule has 0 aliphatic carbocycles. The third-order valence-corrected chi connectivity index (χ3v) is 5.24. The summed E-state index contributed by atoms with van der Waals surface area (Å²) in [5.74, 6) is 0.185. The molecule has 156 valence electrons. The molecule has 3 N–H and O–H groups in total. The zero-order valence-corrected chi connectivity index (χ0v) is 16.8. The molecular formula is C21H29N5O3. The molecule has 1 fully saturated rings. The van der Waals surface area contributed by atoms with E-state index in [0.717, 1.165) is 37.3 Å². The summed E-state index contributed by atoms with van der Waals surface area (Å²) in [6.07, 6.45) is 4.70. The summed E-state index contributed by atoms with van der Waals surface area (Å²) < 4.78 is 1.84. The van der Waals surface area contributed by atoms with Crippen molar-refractivity contribution in [2.24, 2.45) is 7.05 Å². The number of rotatable bonds is 8. The lowest BCUT2D eigenvalue weighted by atomic mass is 10.0. The molecule has 2 heterocycles. The maximum atomic E-state index is 12.6. The van der Waals surface area contributed by atoms with Gasteiger partial charge in [0, 0.05) is 44.7 Å². The predicted octanol–water partition coefficient (Wildman–Crippen LogP) is 2.16. The fourth-order valence-corrected chi connectivity index (χ4v) is 3.81. The van der Waals surface area contributed by atoms with Gasteiger partial charge in [0.05, 0.1) is 6.20 Å². The summed E-state index contributed by atoms with van der Waals surface area (Å²) in [6, 6.07) is 11.3. The molecule has 2 atom stereocenters. The Labute approximate surface area is 170 Å². The molecule has 8 heteroatoms. The number of carboxylic acid groups (broad SMARTS) is 1. The number of nitrogens with zero attached hydrogens (tertiary/aromatic N) is 3. The smallest absolute Gasteiger partial charge is 0.315 e. The van der Waals surface area contributed by atoms with E-state index in [4.69, 9.17) is 5.11 Å². The summed E-state index contributed by atoms with van der Waals surface area (Å²) in [6.45, 7) is 1.67. The van der Waals surface area contributed by atoms with Crippen molar-refractivity contribution in [2.75, 3.05) is 18.0 Å². The van der Waals surface area contributed by atoms with Crippen molar-refractivity contribution >= 4 is 17.8 Å². The fraction of sp³-hybridized carbons (Fsp3) is 0.476. The van der Waals surface area contributed by atoms with E-state index in [-0.39, 0.29) is 24.5 Å². The first kappa shape index (κ1) is 20.7. The topological polar surface area (TPSA) is 99.5 Å². The van der Waals surface area contributed by atoms with Crippen molar-refractivity contribution in [1.82, 2.24) is 20.4 Å². The summed E-state index contributed by atoms with van der Waals surface area (Å²) >= 11 is 0. The number of carbonyl (C=O) groups excluding carboxylic acids is 1. The normalized spacial score (nSPS) is 17.6. The number of hydrogen-bond acceptors (Lipinski definition) is 4. The summed E-state index contributed by atoms with van der Waals surface area (Å²) in [5, 5.41) is 19.3. The van der Waals surface area contributed by atoms with E-state index in [0.29, 0.717) is 12.8 Å². The van der Waals surface area contributed by atoms with Crippen LogP contribution >= 0.6 is 0 Å². The molecule has 1 saturated heterocycles. The fourth-order valence-electron chi connectivity index (χ4n) is 3.81. The van der Waals surface area contributed by atoms with Crippen LogP contribution in [0.2, 0.25) is 0 Å². The number of urea groups is 1. The predicted molar refractivity (Wildman–Crippen MR) is 111 cm³/mol. The molecule has 29 heavy (non-hydrogen) atoms. The zero-order valence-electron chi connectivity index (χ0n) is 16.8. The van der Waals surface area contributed by atoms with E-state index in [9.17, 15) is 9.59 Å². The molecular weight excluding hydrogens is 370 g/mol. The Morgan fingerprint density at radius 2 is 2.07 bits per heavy atom. The van der Waals surface area contributed by atoms with E-state index >= 15 is 0 Å². The van der Waals surface area contributed by atoms with Gasteiger partial charge >= 0.3 is 12.0 Å². The van der Waals surface area contributed by atoms with Gasteiger partial charge in [0.25, 0.3) is 0 Å². The summed E-state index contributed by atoms with van der Waals surface area (Å²) in [7, 11) is 1.91. The van der Waals surface area contributed by atoms with Crippen molar-refractivity contribution in [2.45, 2.75) is 44.2 Å². The second-order valence-corrected chi connectivity index (χ2v) is 7.54. The van der Waals surface area contributed by atoms with Crippen LogP contribution < -0.4 is 15.5 Å². The maximum Gasteiger partial charge on any atom is 0.315 e. The Kier molecular flexibility index (Phi) is 7.10. The molecule has 0 saturated carbocycles. The number of carbonyl (C=O) groups is 2. The number of anilines is 1. The van der Waals surface area contributed by atoms with Gasteiger partial charge in [-0.3, -0.25) is 9.48 Å². The lowest BCUT2D eigenvalue weighted by Gasteiger charge is -2.34. The number of aryl methyl sites for hydroxylation is 1. The van der Waals surface area contributed by atoms with Crippen LogP contribution in [0.5, 0.6) is 0 Å². The van der Waals surface area contributed by atoms with Crippen molar-refractivity contribution in [3.63, 3.8) is 0 Å². The molecule has 8 nitrogen and oxygen atoms in total. The van der Waals surface area contributed by atoms with Gasteiger partial charge in [0.1, 0.15) is 5.82 Å². The lowest BCUT2D eigenvalue weighted by molar-refractivity contribution is -0.137. The van der Waals surface area contributed by atoms with Gasteiger partial charge in [-0.25, -0.2) is 4.79 Å². The zero-order chi connectivity index (χ0) is 20.6. The number of carboxylic acids is 1. The van der Waals surface area contributed by atoms with E-state index in [1.54, 1.807) is 6.20 Å². The highest BCUT2D eigenvalue weighted by Crippen LogP contribution is 2.19. The van der Waals surface area contributed by atoms with Crippen LogP contribution in [0.1, 0.15) is 31.2 Å². The van der Waals surface area contributed by atoms with Crippen LogP contribution in [-0.2, 0) is 18.3 Å². The van der Waals surface area contributed by atoms with Gasteiger partial charge in [0.2, 0.25) is 0 Å². The average Bonchev–Trinajstić information content (AvgIpc) is 3.13. The highest BCUT2D eigenvalue weighted by Gasteiger charge is 2.24. The van der Waals surface area contributed by atoms with Crippen molar-refractivity contribution in [3.8, 4) is 0 Å². The molecule has 2 aromatic rings. The quantitative estimate of drug-likeness (QED) is 0.632. The van der Waals surface area contributed by atoms with Crippen LogP contribution in [0, 0.1) is 0 Å². The van der Waals surface area contributed by atoms with Gasteiger partial charge in [-0.2, -0.15) is 5.10 Å². The molecule has 1 aliphatic heterocycles. The minimum atomic E-state index is -0.857. The number of aliphatic carboxylic acids is 1. The Bertz CT molecular complexity index is 808. The molecule has 0 spiro atoms. The molecule has 1 aromatic carbocycles. The summed E-state index contributed by atoms with van der Waals surface area (Å²) in [5.41, 5.74) is 1.07. The largest absolute Gasteiger partial charge is 0.481 e. The number of piperidine rings is 1. The minimum Gasteiger partial charge on any atom is -0.481 e. The first-order valence-electron chi connectivity index (χ1n) is 10.1. The third kappa shape index (κ3) is 6.23. The highest BCUT2D eigenvalue weighted by atomic mass is 16.4. The van der Waals surface area contributed by atoms with Crippen LogP contribution in [0.4, 0.5) is 10.6 Å². The van der Waals surface area contributed by atoms with Crippen LogP contribution in [0.15, 0.2) is 42.6 Å². The van der Waals surface area contributed by atoms with E-state index in [1.807, 2.05) is 48.1 Å². The SMILES string of the molecule is Cn1nccc1N1CCCC(NC(=O)NC(CCC(=O)O)Cc2ccccc2)C1. The van der Waals surface area contributed by atoms with E-state index < -0.39 is 5.97 Å². The van der Waals surface area contributed by atoms with Gasteiger partial charge in [-0.15, -0.1) is 0 Å². The van der Waals surface area contributed by atoms with Gasteiger partial charge < -0.3 is 20.6 Å². The van der Waals surface area contributed by atoms with Crippen LogP contribution in [0.25, 0.3) is 0 Å². The van der Waals surface area contributed by atoms with E-state index in [1.165, 1.54) is 0 Å². The number of amides is 2. The van der Waals surface area contributed by atoms with Gasteiger partial charge in [-0.05, 0) is 31.2 Å². The van der Waals surface area contributed by atoms with Crippen molar-refractivity contribution < 1.29 is 14.7 Å². The lowest BCUT2D eigenvalue weighted by Crippen LogP contribution is -2.52. The molecule has 2 amide bonds. The first-order chi connectivity index (χ1) is 14.0. The average molecular weight is 399 g/mol. The second kappa shape index (κ2) is 9.95. The first-order valence-corrected chi connectivity index (χ1v) is 10.1. The van der Waals surface area contributed by atoms with E-state index in [2.05, 4.69) is 20.6 Å². The standard InChI is InChI=1S/C21H29N5O3/c1-25-19(11-12-22-25)26-13-5-8-18(15-26)24-21(29)23-17(9-10-20(27)28)14-16-6-3-2-4-7-16/h2-4,6-7,11-12,17-18H,5,8-10,13-15H2,1H3,(H,27,28)(H2,23,24,29). The van der Waals surface area contributed by atoms with Crippen molar-refractivity contribution in [1.29, 1.82) is 0 Å². The number of aromatic nitrogens is 2. The van der Waals surface area contributed by atoms with Crippen molar-refractivity contribution in [3.05, 3.63) is 48.2 Å². The van der Waals surface area contributed by atoms with Crippen LogP contribution in [-0.4, -0.2) is 52.1 Å². The Morgan fingerprint density at radius 1 is 1.28 bits per heavy atom. The molecule has 2 unspecified atom stereocenters. The Balaban J connectivity index is 1.55. The van der Waals surface area contributed by atoms with Crippen LogP contribution in [0.3, 0.4) is 0 Å². The molecule has 1 aliphatic rings. The minimum absolute atomic E-state index is 0.0233. The molecule has 0 radical (unpaired) electrons. The molecule has 3 rings (SSSR count). The molecule has 1 aromatic heterocycles. The molecule has 0 bridgehead atoms. The maximum absolute atomic E-state index is 12.6. The number of nitrogens with one attached hydrogen (secondary N) is 2. The second-order valence-electron chi connectivity index (χ2n) is 7.54. The van der Waals surface area contributed by atoms with Gasteiger partial charge in [0.15, 0.2) is 0 Å². The Hall–Kier alpha value is -3.03.